The van der Waals surface area contributed by atoms with Crippen LogP contribution in [0, 0.1) is 0 Å². The summed E-state index contributed by atoms with van der Waals surface area (Å²) in [5.74, 6) is 0. The van der Waals surface area contributed by atoms with Gasteiger partial charge in [-0.15, -0.1) is 0 Å². The number of hydrogen-bond donors (Lipinski definition) is 0. The van der Waals surface area contributed by atoms with Gasteiger partial charge in [0, 0.05) is 38.2 Å². The van der Waals surface area contributed by atoms with Crippen molar-refractivity contribution in [1.82, 2.24) is 9.13 Å². The fraction of sp³-hybridized carbons (Fsp3) is 0. The third-order valence-corrected chi connectivity index (χ3v) is 12.8. The van der Waals surface area contributed by atoms with E-state index in [0.29, 0.717) is 0 Å². The number of benzene rings is 10. The summed E-state index contributed by atoms with van der Waals surface area (Å²) < 4.78 is 4.99. The minimum Gasteiger partial charge on any atom is -0.309 e. The van der Waals surface area contributed by atoms with E-state index in [1.54, 1.807) is 0 Å². The molecule has 10 aromatic carbocycles. The lowest BCUT2D eigenvalue weighted by molar-refractivity contribution is 1.19. The van der Waals surface area contributed by atoms with Gasteiger partial charge in [-0.05, 0) is 110 Å². The van der Waals surface area contributed by atoms with Crippen LogP contribution in [0.2, 0.25) is 0 Å². The Morgan fingerprint density at radius 1 is 0.233 bits per heavy atom. The molecular weight excluding hydrogens is 725 g/mol. The summed E-state index contributed by atoms with van der Waals surface area (Å²) in [6.45, 7) is 0. The highest BCUT2D eigenvalue weighted by Gasteiger charge is 2.26. The highest BCUT2D eigenvalue weighted by atomic mass is 15.0. The maximum atomic E-state index is 2.51. The van der Waals surface area contributed by atoms with E-state index < -0.39 is 0 Å². The Morgan fingerprint density at radius 3 is 1.53 bits per heavy atom. The van der Waals surface area contributed by atoms with Gasteiger partial charge in [-0.25, -0.2) is 0 Å². The summed E-state index contributed by atoms with van der Waals surface area (Å²) in [5, 5.41) is 7.47. The molecule has 2 aromatic heterocycles. The second kappa shape index (κ2) is 12.8. The summed E-state index contributed by atoms with van der Waals surface area (Å²) in [6, 6.07) is 80.7. The number of fused-ring (bicyclic) bond motifs is 12. The molecule has 1 aliphatic rings. The van der Waals surface area contributed by atoms with Crippen LogP contribution in [-0.4, -0.2) is 9.13 Å². The van der Waals surface area contributed by atoms with E-state index in [9.17, 15) is 0 Å². The van der Waals surface area contributed by atoms with Crippen molar-refractivity contribution in [3.8, 4) is 67.0 Å². The lowest BCUT2D eigenvalue weighted by atomic mass is 9.90. The first kappa shape index (κ1) is 33.1. The van der Waals surface area contributed by atoms with Gasteiger partial charge >= 0.3 is 0 Å². The van der Waals surface area contributed by atoms with Crippen molar-refractivity contribution in [2.75, 3.05) is 0 Å². The molecule has 0 saturated heterocycles. The molecule has 0 unspecified atom stereocenters. The molecule has 0 saturated carbocycles. The first-order chi connectivity index (χ1) is 29.8. The van der Waals surface area contributed by atoms with Gasteiger partial charge in [0.1, 0.15) is 0 Å². The van der Waals surface area contributed by atoms with Crippen LogP contribution in [0.1, 0.15) is 0 Å². The maximum absolute atomic E-state index is 2.51. The van der Waals surface area contributed by atoms with E-state index in [-0.39, 0.29) is 0 Å². The Hall–Kier alpha value is -7.94. The van der Waals surface area contributed by atoms with E-state index in [2.05, 4.69) is 228 Å². The highest BCUT2D eigenvalue weighted by Crippen LogP contribution is 2.49. The molecule has 3 heterocycles. The quantitative estimate of drug-likeness (QED) is 0.169. The predicted octanol–water partition coefficient (Wildman–Crippen LogP) is 15.7. The third-order valence-electron chi connectivity index (χ3n) is 12.8. The van der Waals surface area contributed by atoms with E-state index >= 15 is 0 Å². The zero-order valence-electron chi connectivity index (χ0n) is 32.7. The molecule has 2 nitrogen and oxygen atoms in total. The lowest BCUT2D eigenvalue weighted by Crippen LogP contribution is -1.98. The summed E-state index contributed by atoms with van der Waals surface area (Å²) >= 11 is 0. The summed E-state index contributed by atoms with van der Waals surface area (Å²) in [4.78, 5) is 0. The molecule has 0 fully saturated rings. The molecule has 2 heteroatoms. The maximum Gasteiger partial charge on any atom is 0.0620 e. The molecule has 0 bridgehead atoms. The molecule has 0 radical (unpaired) electrons. The molecule has 0 N–H and O–H groups in total. The van der Waals surface area contributed by atoms with E-state index in [4.69, 9.17) is 0 Å². The average Bonchev–Trinajstić information content (AvgIpc) is 3.79. The zero-order valence-corrected chi connectivity index (χ0v) is 32.7. The van der Waals surface area contributed by atoms with E-state index in [1.807, 2.05) is 0 Å². The number of aromatic nitrogens is 2. The van der Waals surface area contributed by atoms with Crippen LogP contribution >= 0.6 is 0 Å². The van der Waals surface area contributed by atoms with Crippen molar-refractivity contribution in [2.45, 2.75) is 0 Å². The molecule has 12 aromatic rings. The Balaban J connectivity index is 1.06. The summed E-state index contributed by atoms with van der Waals surface area (Å²) in [7, 11) is 0. The number of hydrogen-bond acceptors (Lipinski definition) is 0. The molecular formula is C58H36N2. The second-order valence-corrected chi connectivity index (χ2v) is 16.1. The van der Waals surface area contributed by atoms with Crippen molar-refractivity contribution < 1.29 is 0 Å². The second-order valence-electron chi connectivity index (χ2n) is 16.1. The number of rotatable bonds is 4. The molecule has 60 heavy (non-hydrogen) atoms. The van der Waals surface area contributed by atoms with Gasteiger partial charge in [0.05, 0.1) is 33.4 Å². The third kappa shape index (κ3) is 4.82. The molecule has 0 atom stereocenters. The Kier molecular flexibility index (Phi) is 7.05. The molecule has 0 aliphatic carbocycles. The monoisotopic (exact) mass is 760 g/mol. The number of para-hydroxylation sites is 2. The van der Waals surface area contributed by atoms with Crippen LogP contribution in [0.25, 0.3) is 121 Å². The van der Waals surface area contributed by atoms with Crippen LogP contribution in [0.5, 0.6) is 0 Å². The minimum absolute atomic E-state index is 1.18. The smallest absolute Gasteiger partial charge is 0.0620 e. The summed E-state index contributed by atoms with van der Waals surface area (Å²) in [6.07, 6.45) is 0. The number of nitrogens with zero attached hydrogens (tertiary/aromatic N) is 2. The van der Waals surface area contributed by atoms with Crippen LogP contribution in [0.15, 0.2) is 218 Å². The fourth-order valence-corrected chi connectivity index (χ4v) is 10.1. The topological polar surface area (TPSA) is 9.86 Å². The van der Waals surface area contributed by atoms with Gasteiger partial charge in [-0.2, -0.15) is 0 Å². The largest absolute Gasteiger partial charge is 0.309 e. The highest BCUT2D eigenvalue weighted by molar-refractivity contribution is 6.18. The molecule has 1 aliphatic heterocycles. The fourth-order valence-electron chi connectivity index (χ4n) is 10.1. The summed E-state index contributed by atoms with van der Waals surface area (Å²) in [5.41, 5.74) is 19.5. The molecule has 13 rings (SSSR count). The van der Waals surface area contributed by atoms with Gasteiger partial charge in [-0.1, -0.05) is 158 Å². The SMILES string of the molecule is c1ccc(-c2ccc3c(c2)-c2ccccc2-c2cc(-c4ccc5c(c4)c4ccccc4n5-c4cc5ccccc5cc4-c4ccccc4)cc4c5ccccc5n-3c24)cc1. The average molecular weight is 761 g/mol. The van der Waals surface area contributed by atoms with Crippen molar-refractivity contribution >= 4 is 54.4 Å². The predicted molar refractivity (Wildman–Crippen MR) is 253 cm³/mol. The van der Waals surface area contributed by atoms with Gasteiger partial charge < -0.3 is 9.13 Å². The van der Waals surface area contributed by atoms with Crippen molar-refractivity contribution in [3.63, 3.8) is 0 Å². The first-order valence-electron chi connectivity index (χ1n) is 20.8. The van der Waals surface area contributed by atoms with Crippen LogP contribution in [0.4, 0.5) is 0 Å². The Morgan fingerprint density at radius 2 is 0.767 bits per heavy atom. The molecule has 0 amide bonds. The first-order valence-corrected chi connectivity index (χ1v) is 20.8. The molecule has 278 valence electrons. The van der Waals surface area contributed by atoms with E-state index in [0.717, 1.165) is 0 Å². The van der Waals surface area contributed by atoms with E-state index in [1.165, 1.54) is 121 Å². The van der Waals surface area contributed by atoms with Crippen molar-refractivity contribution in [2.24, 2.45) is 0 Å². The Labute approximate surface area is 347 Å². The van der Waals surface area contributed by atoms with Crippen molar-refractivity contribution in [1.29, 1.82) is 0 Å². The zero-order chi connectivity index (χ0) is 39.3. The molecule has 0 spiro atoms. The van der Waals surface area contributed by atoms with Crippen LogP contribution < -0.4 is 0 Å². The van der Waals surface area contributed by atoms with Gasteiger partial charge in [0.15, 0.2) is 0 Å². The normalized spacial score (nSPS) is 12.0. The van der Waals surface area contributed by atoms with Gasteiger partial charge in [0.2, 0.25) is 0 Å². The van der Waals surface area contributed by atoms with Crippen LogP contribution in [-0.2, 0) is 0 Å². The minimum atomic E-state index is 1.18. The van der Waals surface area contributed by atoms with Gasteiger partial charge in [0.25, 0.3) is 0 Å². The Bertz CT molecular complexity index is 3700. The van der Waals surface area contributed by atoms with Crippen LogP contribution in [0.3, 0.4) is 0 Å². The lowest BCUT2D eigenvalue weighted by Gasteiger charge is -2.16. The standard InChI is InChI=1S/C58H36N2/c1-3-15-37(16-4-1)41-27-30-56-49(32-41)44-21-9-10-22-45(44)51-34-43(35-52-47-24-12-14-26-54(47)60(56)58(51)52)42-28-29-55-50(33-42)46-23-11-13-25-53(46)59(55)57-36-40-20-8-7-19-39(40)31-48(57)38-17-5-2-6-18-38/h1-36H. The van der Waals surface area contributed by atoms with Crippen molar-refractivity contribution in [3.05, 3.63) is 218 Å². The van der Waals surface area contributed by atoms with Gasteiger partial charge in [-0.3, -0.25) is 0 Å².